The molecule has 2 aromatic carbocycles. The van der Waals surface area contributed by atoms with Crippen LogP contribution in [-0.2, 0) is 14.8 Å². The van der Waals surface area contributed by atoms with E-state index in [1.54, 1.807) is 12.1 Å². The molecule has 0 radical (unpaired) electrons. The molecule has 1 amide bonds. The van der Waals surface area contributed by atoms with Crippen molar-refractivity contribution in [2.45, 2.75) is 24.2 Å². The zero-order chi connectivity index (χ0) is 24.3. The number of carbonyl (C=O) groups is 1. The monoisotopic (exact) mass is 488 g/mol. The lowest BCUT2D eigenvalue weighted by Gasteiger charge is -2.33. The van der Waals surface area contributed by atoms with Crippen molar-refractivity contribution in [1.29, 1.82) is 5.26 Å². The van der Waals surface area contributed by atoms with E-state index in [-0.39, 0.29) is 29.8 Å². The first-order valence-electron chi connectivity index (χ1n) is 11.3. The topological polar surface area (TPSA) is 84.7 Å². The molecule has 2 aromatic rings. The van der Waals surface area contributed by atoms with Gasteiger partial charge in [-0.05, 0) is 61.7 Å². The highest BCUT2D eigenvalue weighted by atomic mass is 32.2. The van der Waals surface area contributed by atoms with Crippen molar-refractivity contribution in [3.8, 4) is 6.07 Å². The highest BCUT2D eigenvalue weighted by Crippen LogP contribution is 2.27. The lowest BCUT2D eigenvalue weighted by molar-refractivity contribution is -0.136. The molecular formula is C24H26F2N4O3S. The number of hydrogen-bond acceptors (Lipinski definition) is 5. The number of halogens is 2. The van der Waals surface area contributed by atoms with Crippen LogP contribution < -0.4 is 4.90 Å². The molecule has 0 spiro atoms. The second-order valence-corrected chi connectivity index (χ2v) is 10.5. The van der Waals surface area contributed by atoms with Gasteiger partial charge in [0.2, 0.25) is 15.9 Å². The lowest BCUT2D eigenvalue weighted by atomic mass is 9.96. The Morgan fingerprint density at radius 2 is 1.62 bits per heavy atom. The molecule has 0 aromatic heterocycles. The van der Waals surface area contributed by atoms with Crippen LogP contribution >= 0.6 is 0 Å². The van der Waals surface area contributed by atoms with Crippen LogP contribution in [0.1, 0.15) is 24.8 Å². The van der Waals surface area contributed by atoms with E-state index in [4.69, 9.17) is 5.26 Å². The maximum Gasteiger partial charge on any atom is 0.243 e. The average Bonchev–Trinajstić information content (AvgIpc) is 3.12. The molecule has 7 nitrogen and oxygen atoms in total. The van der Waals surface area contributed by atoms with Gasteiger partial charge in [-0.1, -0.05) is 0 Å². The average molecular weight is 489 g/mol. The van der Waals surface area contributed by atoms with Gasteiger partial charge in [0.1, 0.15) is 0 Å². The molecule has 0 unspecified atom stereocenters. The van der Waals surface area contributed by atoms with Gasteiger partial charge in [-0.25, -0.2) is 17.2 Å². The predicted octanol–water partition coefficient (Wildman–Crippen LogP) is 2.98. The Morgan fingerprint density at radius 1 is 0.912 bits per heavy atom. The Bertz CT molecular complexity index is 1190. The van der Waals surface area contributed by atoms with Crippen LogP contribution in [-0.4, -0.2) is 62.8 Å². The van der Waals surface area contributed by atoms with Crippen molar-refractivity contribution >= 4 is 21.6 Å². The molecule has 0 atom stereocenters. The number of amides is 1. The molecule has 180 valence electrons. The number of anilines is 1. The molecule has 2 aliphatic rings. The Kier molecular flexibility index (Phi) is 7.14. The summed E-state index contributed by atoms with van der Waals surface area (Å²) in [6, 6.07) is 12.1. The van der Waals surface area contributed by atoms with Gasteiger partial charge < -0.3 is 9.80 Å². The Balaban J connectivity index is 1.34. The normalized spacial score (nSPS) is 18.4. The van der Waals surface area contributed by atoms with Crippen LogP contribution in [0.4, 0.5) is 14.5 Å². The number of piperidine rings is 1. The summed E-state index contributed by atoms with van der Waals surface area (Å²) >= 11 is 0. The Morgan fingerprint density at radius 3 is 2.26 bits per heavy atom. The van der Waals surface area contributed by atoms with E-state index < -0.39 is 21.7 Å². The van der Waals surface area contributed by atoms with Gasteiger partial charge in [0.25, 0.3) is 0 Å². The number of carbonyl (C=O) groups excluding carboxylic acids is 1. The summed E-state index contributed by atoms with van der Waals surface area (Å²) in [6.07, 6.45) is 1.59. The van der Waals surface area contributed by atoms with Crippen molar-refractivity contribution in [3.63, 3.8) is 0 Å². The number of benzene rings is 2. The molecule has 2 saturated heterocycles. The van der Waals surface area contributed by atoms with Crippen molar-refractivity contribution in [2.24, 2.45) is 5.92 Å². The van der Waals surface area contributed by atoms with Crippen molar-refractivity contribution in [1.82, 2.24) is 9.21 Å². The summed E-state index contributed by atoms with van der Waals surface area (Å²) in [7, 11) is -3.95. The van der Waals surface area contributed by atoms with E-state index in [0.29, 0.717) is 44.1 Å². The van der Waals surface area contributed by atoms with Crippen LogP contribution in [0.2, 0.25) is 0 Å². The first-order chi connectivity index (χ1) is 16.3. The highest BCUT2D eigenvalue weighted by molar-refractivity contribution is 7.89. The molecule has 0 aliphatic carbocycles. The van der Waals surface area contributed by atoms with E-state index in [1.807, 2.05) is 17.0 Å². The molecule has 2 heterocycles. The maximum absolute atomic E-state index is 13.5. The number of hydrogen-bond donors (Lipinski definition) is 0. The van der Waals surface area contributed by atoms with E-state index in [9.17, 15) is 22.0 Å². The smallest absolute Gasteiger partial charge is 0.243 e. The number of nitrogens with zero attached hydrogens (tertiary/aromatic N) is 4. The first kappa shape index (κ1) is 24.1. The first-order valence-corrected chi connectivity index (χ1v) is 12.7. The summed E-state index contributed by atoms with van der Waals surface area (Å²) in [4.78, 5) is 16.9. The SMILES string of the molecule is N#Cc1ccc(N2CCCN(C(=O)C3CCN(S(=O)(=O)c4ccc(F)c(F)c4)CC3)CC2)cc1. The molecule has 4 rings (SSSR count). The van der Waals surface area contributed by atoms with Gasteiger partial charge in [-0.2, -0.15) is 9.57 Å². The van der Waals surface area contributed by atoms with Gasteiger partial charge in [0.05, 0.1) is 16.5 Å². The van der Waals surface area contributed by atoms with E-state index >= 15 is 0 Å². The Labute approximate surface area is 198 Å². The molecule has 10 heteroatoms. The zero-order valence-electron chi connectivity index (χ0n) is 18.7. The van der Waals surface area contributed by atoms with E-state index in [2.05, 4.69) is 11.0 Å². The maximum atomic E-state index is 13.5. The fourth-order valence-corrected chi connectivity index (χ4v) is 6.01. The van der Waals surface area contributed by atoms with Gasteiger partial charge in [0.15, 0.2) is 11.6 Å². The molecule has 0 N–H and O–H groups in total. The molecule has 0 bridgehead atoms. The zero-order valence-corrected chi connectivity index (χ0v) is 19.5. The third-order valence-corrected chi connectivity index (χ3v) is 8.40. The standard InChI is InChI=1S/C24H26F2N4O3S/c25-22-7-6-21(16-23(22)26)34(32,33)30-12-8-19(9-13-30)24(31)29-11-1-10-28(14-15-29)20-4-2-18(17-27)3-5-20/h2-7,16,19H,1,8-15H2. The lowest BCUT2D eigenvalue weighted by Crippen LogP contribution is -2.45. The summed E-state index contributed by atoms with van der Waals surface area (Å²) in [6.45, 7) is 3.01. The fraction of sp³-hybridized carbons (Fsp3) is 0.417. The summed E-state index contributed by atoms with van der Waals surface area (Å²) in [5.41, 5.74) is 1.62. The van der Waals surface area contributed by atoms with Crippen molar-refractivity contribution < 1.29 is 22.0 Å². The van der Waals surface area contributed by atoms with Crippen LogP contribution in [0.15, 0.2) is 47.4 Å². The third kappa shape index (κ3) is 5.05. The van der Waals surface area contributed by atoms with Crippen LogP contribution in [0.5, 0.6) is 0 Å². The fourth-order valence-electron chi connectivity index (χ4n) is 4.53. The Hall–Kier alpha value is -3.03. The molecule has 2 aliphatic heterocycles. The second-order valence-electron chi connectivity index (χ2n) is 8.58. The summed E-state index contributed by atoms with van der Waals surface area (Å²) in [5, 5.41) is 8.97. The molecular weight excluding hydrogens is 462 g/mol. The van der Waals surface area contributed by atoms with Crippen LogP contribution in [0.25, 0.3) is 0 Å². The second kappa shape index (κ2) is 10.1. The third-order valence-electron chi connectivity index (χ3n) is 6.50. The minimum atomic E-state index is -3.95. The van der Waals surface area contributed by atoms with E-state index in [0.717, 1.165) is 30.8 Å². The molecule has 0 saturated carbocycles. The minimum absolute atomic E-state index is 0.0338. The highest BCUT2D eigenvalue weighted by Gasteiger charge is 2.34. The van der Waals surface area contributed by atoms with Gasteiger partial charge in [0, 0.05) is 50.9 Å². The quantitative estimate of drug-likeness (QED) is 0.661. The van der Waals surface area contributed by atoms with Gasteiger partial charge in [-0.15, -0.1) is 0 Å². The largest absolute Gasteiger partial charge is 0.370 e. The molecule has 34 heavy (non-hydrogen) atoms. The van der Waals surface area contributed by atoms with Crippen molar-refractivity contribution in [3.05, 3.63) is 59.7 Å². The summed E-state index contributed by atoms with van der Waals surface area (Å²) in [5.74, 6) is -2.54. The number of nitriles is 1. The van der Waals surface area contributed by atoms with E-state index in [1.165, 1.54) is 4.31 Å². The number of rotatable bonds is 4. The number of sulfonamides is 1. The predicted molar refractivity (Wildman–Crippen MR) is 122 cm³/mol. The van der Waals surface area contributed by atoms with Gasteiger partial charge >= 0.3 is 0 Å². The van der Waals surface area contributed by atoms with Crippen molar-refractivity contribution in [2.75, 3.05) is 44.2 Å². The molecule has 2 fully saturated rings. The summed E-state index contributed by atoms with van der Waals surface area (Å²) < 4.78 is 53.6. The van der Waals surface area contributed by atoms with Gasteiger partial charge in [-0.3, -0.25) is 4.79 Å². The minimum Gasteiger partial charge on any atom is -0.370 e. The van der Waals surface area contributed by atoms with Crippen LogP contribution in [0.3, 0.4) is 0 Å². The van der Waals surface area contributed by atoms with Crippen LogP contribution in [0, 0.1) is 28.9 Å².